The first-order valence-electron chi connectivity index (χ1n) is 4.79. The van der Waals surface area contributed by atoms with Gasteiger partial charge in [0.1, 0.15) is 0 Å². The van der Waals surface area contributed by atoms with Crippen LogP contribution in [0.3, 0.4) is 0 Å². The number of amides is 1. The molecule has 1 amide bonds. The van der Waals surface area contributed by atoms with Crippen molar-refractivity contribution in [3.05, 3.63) is 0 Å². The quantitative estimate of drug-likeness (QED) is 0.507. The first kappa shape index (κ1) is 13.4. The van der Waals surface area contributed by atoms with Gasteiger partial charge < -0.3 is 10.8 Å². The highest BCUT2D eigenvalue weighted by Crippen LogP contribution is 2.14. The molecule has 0 heterocycles. The van der Waals surface area contributed by atoms with Crippen molar-refractivity contribution in [1.29, 1.82) is 0 Å². The predicted molar refractivity (Wildman–Crippen MR) is 53.3 cm³/mol. The zero-order chi connectivity index (χ0) is 11.0. The van der Waals surface area contributed by atoms with Crippen molar-refractivity contribution in [1.82, 2.24) is 5.48 Å². The standard InChI is InChI=1S/C9H20N2O3/c1-9(2,5-3-6-10)14-11-8(13)4-7-12/h12H,3-7,10H2,1-2H3,(H,11,13). The third-order valence-corrected chi connectivity index (χ3v) is 1.76. The van der Waals surface area contributed by atoms with E-state index in [4.69, 9.17) is 15.7 Å². The van der Waals surface area contributed by atoms with Gasteiger partial charge in [-0.3, -0.25) is 9.63 Å². The summed E-state index contributed by atoms with van der Waals surface area (Å²) in [7, 11) is 0. The topological polar surface area (TPSA) is 84.6 Å². The molecule has 0 unspecified atom stereocenters. The summed E-state index contributed by atoms with van der Waals surface area (Å²) in [5.74, 6) is -0.312. The average Bonchev–Trinajstić information content (AvgIpc) is 2.13. The van der Waals surface area contributed by atoms with Gasteiger partial charge in [-0.2, -0.15) is 0 Å². The molecule has 0 aliphatic rings. The van der Waals surface area contributed by atoms with E-state index in [9.17, 15) is 4.79 Å². The van der Waals surface area contributed by atoms with E-state index in [0.717, 1.165) is 12.8 Å². The summed E-state index contributed by atoms with van der Waals surface area (Å²) in [6.07, 6.45) is 1.69. The number of nitrogens with two attached hydrogens (primary N) is 1. The number of aliphatic hydroxyl groups is 1. The fraction of sp³-hybridized carbons (Fsp3) is 0.889. The molecule has 0 saturated heterocycles. The minimum absolute atomic E-state index is 0.0625. The molecule has 0 aliphatic heterocycles. The van der Waals surface area contributed by atoms with Crippen molar-refractivity contribution in [2.45, 2.75) is 38.7 Å². The van der Waals surface area contributed by atoms with Gasteiger partial charge in [-0.05, 0) is 33.2 Å². The van der Waals surface area contributed by atoms with Gasteiger partial charge in [0.2, 0.25) is 5.91 Å². The largest absolute Gasteiger partial charge is 0.396 e. The lowest BCUT2D eigenvalue weighted by Crippen LogP contribution is -2.36. The van der Waals surface area contributed by atoms with Gasteiger partial charge in [0, 0.05) is 0 Å². The number of hydrogen-bond donors (Lipinski definition) is 3. The maximum Gasteiger partial charge on any atom is 0.245 e. The smallest absolute Gasteiger partial charge is 0.245 e. The first-order valence-corrected chi connectivity index (χ1v) is 4.79. The van der Waals surface area contributed by atoms with Crippen LogP contribution in [0.25, 0.3) is 0 Å². The SMILES string of the molecule is CC(C)(CCCN)ONC(=O)CCO. The maximum absolute atomic E-state index is 10.9. The van der Waals surface area contributed by atoms with Crippen LogP contribution >= 0.6 is 0 Å². The van der Waals surface area contributed by atoms with E-state index in [-0.39, 0.29) is 18.9 Å². The summed E-state index contributed by atoms with van der Waals surface area (Å²) in [6.45, 7) is 4.19. The lowest BCUT2D eigenvalue weighted by Gasteiger charge is -2.24. The van der Waals surface area contributed by atoms with Crippen LogP contribution in [0, 0.1) is 0 Å². The van der Waals surface area contributed by atoms with Crippen LogP contribution in [0.1, 0.15) is 33.1 Å². The van der Waals surface area contributed by atoms with Gasteiger partial charge >= 0.3 is 0 Å². The summed E-state index contributed by atoms with van der Waals surface area (Å²) in [6, 6.07) is 0. The monoisotopic (exact) mass is 204 g/mol. The van der Waals surface area contributed by atoms with Crippen molar-refractivity contribution < 1.29 is 14.7 Å². The summed E-state index contributed by atoms with van der Waals surface area (Å²) >= 11 is 0. The molecule has 0 atom stereocenters. The molecule has 5 nitrogen and oxygen atoms in total. The molecule has 5 heteroatoms. The maximum atomic E-state index is 10.9. The van der Waals surface area contributed by atoms with Crippen LogP contribution in [-0.2, 0) is 9.63 Å². The van der Waals surface area contributed by atoms with Crippen LogP contribution < -0.4 is 11.2 Å². The zero-order valence-electron chi connectivity index (χ0n) is 8.88. The fourth-order valence-corrected chi connectivity index (χ4v) is 0.926. The van der Waals surface area contributed by atoms with Gasteiger partial charge in [-0.15, -0.1) is 0 Å². The molecule has 0 bridgehead atoms. The molecule has 14 heavy (non-hydrogen) atoms. The van der Waals surface area contributed by atoms with E-state index in [2.05, 4.69) is 5.48 Å². The van der Waals surface area contributed by atoms with E-state index in [0.29, 0.717) is 6.54 Å². The van der Waals surface area contributed by atoms with E-state index < -0.39 is 5.60 Å². The zero-order valence-corrected chi connectivity index (χ0v) is 8.88. The third-order valence-electron chi connectivity index (χ3n) is 1.76. The van der Waals surface area contributed by atoms with Gasteiger partial charge in [-0.25, -0.2) is 5.48 Å². The Morgan fingerprint density at radius 3 is 2.71 bits per heavy atom. The number of carbonyl (C=O) groups is 1. The second-order valence-electron chi connectivity index (χ2n) is 3.75. The van der Waals surface area contributed by atoms with E-state index in [1.54, 1.807) is 0 Å². The highest BCUT2D eigenvalue weighted by atomic mass is 16.7. The van der Waals surface area contributed by atoms with Crippen LogP contribution in [0.2, 0.25) is 0 Å². The Labute approximate surface area is 84.6 Å². The highest BCUT2D eigenvalue weighted by Gasteiger charge is 2.19. The number of hydroxylamine groups is 1. The normalized spacial score (nSPS) is 11.4. The summed E-state index contributed by atoms with van der Waals surface area (Å²) < 4.78 is 0. The molecule has 84 valence electrons. The molecular weight excluding hydrogens is 184 g/mol. The van der Waals surface area contributed by atoms with Gasteiger partial charge in [0.05, 0.1) is 18.6 Å². The molecule has 0 spiro atoms. The van der Waals surface area contributed by atoms with Gasteiger partial charge in [0.25, 0.3) is 0 Å². The lowest BCUT2D eigenvalue weighted by atomic mass is 10.0. The molecule has 0 saturated carbocycles. The number of aliphatic hydroxyl groups excluding tert-OH is 1. The van der Waals surface area contributed by atoms with Crippen molar-refractivity contribution >= 4 is 5.91 Å². The Balaban J connectivity index is 3.68. The molecule has 0 rings (SSSR count). The van der Waals surface area contributed by atoms with E-state index in [1.165, 1.54) is 0 Å². The lowest BCUT2D eigenvalue weighted by molar-refractivity contribution is -0.149. The summed E-state index contributed by atoms with van der Waals surface area (Å²) in [5, 5.41) is 8.47. The van der Waals surface area contributed by atoms with Crippen molar-refractivity contribution in [3.63, 3.8) is 0 Å². The van der Waals surface area contributed by atoms with Crippen LogP contribution in [0.4, 0.5) is 0 Å². The Kier molecular flexibility index (Phi) is 6.44. The van der Waals surface area contributed by atoms with Crippen molar-refractivity contribution in [3.8, 4) is 0 Å². The second-order valence-corrected chi connectivity index (χ2v) is 3.75. The summed E-state index contributed by atoms with van der Waals surface area (Å²) in [5.41, 5.74) is 7.24. The number of rotatable bonds is 7. The molecule has 0 aromatic rings. The van der Waals surface area contributed by atoms with Gasteiger partial charge in [0.15, 0.2) is 0 Å². The molecule has 4 N–H and O–H groups in total. The molecule has 0 aromatic carbocycles. The highest BCUT2D eigenvalue weighted by molar-refractivity contribution is 5.74. The number of hydrogen-bond acceptors (Lipinski definition) is 4. The Hall–Kier alpha value is -0.650. The second kappa shape index (κ2) is 6.75. The van der Waals surface area contributed by atoms with Crippen LogP contribution in [0.5, 0.6) is 0 Å². The van der Waals surface area contributed by atoms with E-state index in [1.807, 2.05) is 13.8 Å². The molecule has 0 aliphatic carbocycles. The first-order chi connectivity index (χ1) is 6.52. The molecular formula is C9H20N2O3. The predicted octanol–water partition coefficient (Wildman–Crippen LogP) is -0.0659. The van der Waals surface area contributed by atoms with E-state index >= 15 is 0 Å². The molecule has 0 aromatic heterocycles. The van der Waals surface area contributed by atoms with Crippen molar-refractivity contribution in [2.75, 3.05) is 13.2 Å². The average molecular weight is 204 g/mol. The molecule has 0 radical (unpaired) electrons. The van der Waals surface area contributed by atoms with Crippen molar-refractivity contribution in [2.24, 2.45) is 5.73 Å². The Morgan fingerprint density at radius 1 is 1.57 bits per heavy atom. The fourth-order valence-electron chi connectivity index (χ4n) is 0.926. The minimum atomic E-state index is -0.412. The Morgan fingerprint density at radius 2 is 2.21 bits per heavy atom. The minimum Gasteiger partial charge on any atom is -0.396 e. The number of carbonyl (C=O) groups excluding carboxylic acids is 1. The molecule has 0 fully saturated rings. The van der Waals surface area contributed by atoms with Crippen LogP contribution in [0.15, 0.2) is 0 Å². The Bertz CT molecular complexity index is 171. The third kappa shape index (κ3) is 6.82. The van der Waals surface area contributed by atoms with Gasteiger partial charge in [-0.1, -0.05) is 0 Å². The number of nitrogens with one attached hydrogen (secondary N) is 1. The summed E-state index contributed by atoms with van der Waals surface area (Å²) in [4.78, 5) is 16.1. The van der Waals surface area contributed by atoms with Crippen LogP contribution in [-0.4, -0.2) is 29.8 Å².